The van der Waals surface area contributed by atoms with Crippen molar-refractivity contribution in [3.05, 3.63) is 0 Å². The van der Waals surface area contributed by atoms with E-state index in [1.807, 2.05) is 13.8 Å². The molecule has 3 heteroatoms. The summed E-state index contributed by atoms with van der Waals surface area (Å²) < 4.78 is 24.5. The summed E-state index contributed by atoms with van der Waals surface area (Å²) in [6, 6.07) is 0. The van der Waals surface area contributed by atoms with Crippen molar-refractivity contribution in [3.8, 4) is 0 Å². The van der Waals surface area contributed by atoms with Gasteiger partial charge in [0.05, 0.1) is 0 Å². The van der Waals surface area contributed by atoms with Crippen LogP contribution >= 0.6 is 0 Å². The Bertz CT molecular complexity index is 127. The van der Waals surface area contributed by atoms with E-state index in [0.29, 0.717) is 6.54 Å². The first-order valence-corrected chi connectivity index (χ1v) is 4.15. The molecule has 1 aliphatic heterocycles. The van der Waals surface area contributed by atoms with Gasteiger partial charge in [0.2, 0.25) is 6.43 Å². The number of hydrogen-bond acceptors (Lipinski definition) is 1. The molecule has 1 saturated heterocycles. The molecule has 0 aromatic heterocycles. The van der Waals surface area contributed by atoms with E-state index in [1.54, 1.807) is 0 Å². The zero-order valence-electron chi connectivity index (χ0n) is 7.06. The Morgan fingerprint density at radius 2 is 2.09 bits per heavy atom. The van der Waals surface area contributed by atoms with E-state index in [2.05, 4.69) is 4.90 Å². The second kappa shape index (κ2) is 3.48. The average molecular weight is 163 g/mol. The first-order valence-electron chi connectivity index (χ1n) is 4.15. The van der Waals surface area contributed by atoms with E-state index >= 15 is 0 Å². The standard InChI is InChI=1S/C8H15F2N/c1-3-11-4-6(2)7(5-11)8(9)10/h6-8H,3-5H2,1-2H3. The van der Waals surface area contributed by atoms with Gasteiger partial charge < -0.3 is 4.90 Å². The van der Waals surface area contributed by atoms with Crippen LogP contribution in [0.15, 0.2) is 0 Å². The molecule has 1 heterocycles. The lowest BCUT2D eigenvalue weighted by molar-refractivity contribution is 0.0650. The molecule has 1 fully saturated rings. The normalized spacial score (nSPS) is 33.5. The maximum Gasteiger partial charge on any atom is 0.242 e. The van der Waals surface area contributed by atoms with Crippen LogP contribution in [-0.2, 0) is 0 Å². The van der Waals surface area contributed by atoms with Crippen LogP contribution in [-0.4, -0.2) is 31.0 Å². The van der Waals surface area contributed by atoms with Gasteiger partial charge in [0.1, 0.15) is 0 Å². The molecule has 0 spiro atoms. The van der Waals surface area contributed by atoms with E-state index in [-0.39, 0.29) is 5.92 Å². The smallest absolute Gasteiger partial charge is 0.242 e. The van der Waals surface area contributed by atoms with Crippen LogP contribution in [0.3, 0.4) is 0 Å². The lowest BCUT2D eigenvalue weighted by atomic mass is 9.99. The zero-order valence-corrected chi connectivity index (χ0v) is 7.06. The molecule has 1 rings (SSSR count). The minimum atomic E-state index is -2.14. The summed E-state index contributed by atoms with van der Waals surface area (Å²) in [5, 5.41) is 0. The molecule has 1 aliphatic rings. The molecule has 0 radical (unpaired) electrons. The summed E-state index contributed by atoms with van der Waals surface area (Å²) in [7, 11) is 0. The maximum atomic E-state index is 12.3. The molecule has 0 N–H and O–H groups in total. The highest BCUT2D eigenvalue weighted by molar-refractivity contribution is 4.81. The third-order valence-electron chi connectivity index (χ3n) is 2.52. The summed E-state index contributed by atoms with van der Waals surface area (Å²) in [5.74, 6) is -0.232. The Morgan fingerprint density at radius 1 is 1.45 bits per heavy atom. The Balaban J connectivity index is 2.45. The first kappa shape index (κ1) is 8.91. The minimum Gasteiger partial charge on any atom is -0.303 e. The molecule has 2 unspecified atom stereocenters. The van der Waals surface area contributed by atoms with Crippen molar-refractivity contribution >= 4 is 0 Å². The van der Waals surface area contributed by atoms with Crippen LogP contribution < -0.4 is 0 Å². The van der Waals surface area contributed by atoms with E-state index in [0.717, 1.165) is 13.1 Å². The number of hydrogen-bond donors (Lipinski definition) is 0. The van der Waals surface area contributed by atoms with Gasteiger partial charge in [-0.05, 0) is 12.5 Å². The van der Waals surface area contributed by atoms with Gasteiger partial charge >= 0.3 is 0 Å². The van der Waals surface area contributed by atoms with Gasteiger partial charge in [0.25, 0.3) is 0 Å². The van der Waals surface area contributed by atoms with E-state index in [1.165, 1.54) is 0 Å². The predicted molar refractivity (Wildman–Crippen MR) is 40.8 cm³/mol. The lowest BCUT2D eigenvalue weighted by Gasteiger charge is -2.12. The molecular formula is C8H15F2N. The van der Waals surface area contributed by atoms with Crippen LogP contribution in [0.4, 0.5) is 8.78 Å². The molecule has 0 aromatic carbocycles. The molecular weight excluding hydrogens is 148 g/mol. The van der Waals surface area contributed by atoms with Crippen molar-refractivity contribution in [2.75, 3.05) is 19.6 Å². The van der Waals surface area contributed by atoms with Crippen LogP contribution in [0.25, 0.3) is 0 Å². The van der Waals surface area contributed by atoms with Gasteiger partial charge in [-0.2, -0.15) is 0 Å². The van der Waals surface area contributed by atoms with Gasteiger partial charge in [-0.3, -0.25) is 0 Å². The SMILES string of the molecule is CCN1CC(C)C(C(F)F)C1. The van der Waals surface area contributed by atoms with E-state index in [9.17, 15) is 8.78 Å². The predicted octanol–water partition coefficient (Wildman–Crippen LogP) is 1.84. The van der Waals surface area contributed by atoms with Crippen LogP contribution in [0, 0.1) is 11.8 Å². The summed E-state index contributed by atoms with van der Waals surface area (Å²) >= 11 is 0. The molecule has 2 atom stereocenters. The molecule has 1 nitrogen and oxygen atoms in total. The Labute approximate surface area is 66.4 Å². The summed E-state index contributed by atoms with van der Waals surface area (Å²) in [4.78, 5) is 2.08. The molecule has 0 aliphatic carbocycles. The van der Waals surface area contributed by atoms with Gasteiger partial charge in [-0.1, -0.05) is 13.8 Å². The summed E-state index contributed by atoms with van der Waals surface area (Å²) in [5.41, 5.74) is 0. The van der Waals surface area contributed by atoms with Crippen molar-refractivity contribution in [3.63, 3.8) is 0 Å². The molecule has 66 valence electrons. The number of nitrogens with zero attached hydrogens (tertiary/aromatic N) is 1. The fourth-order valence-electron chi connectivity index (χ4n) is 1.68. The van der Waals surface area contributed by atoms with Crippen molar-refractivity contribution < 1.29 is 8.78 Å². The third kappa shape index (κ3) is 1.89. The van der Waals surface area contributed by atoms with Gasteiger partial charge in [-0.15, -0.1) is 0 Å². The molecule has 11 heavy (non-hydrogen) atoms. The molecule has 0 aromatic rings. The lowest BCUT2D eigenvalue weighted by Crippen LogP contribution is -2.22. The van der Waals surface area contributed by atoms with E-state index in [4.69, 9.17) is 0 Å². The Morgan fingerprint density at radius 3 is 2.36 bits per heavy atom. The Kier molecular flexibility index (Phi) is 2.82. The second-order valence-electron chi connectivity index (χ2n) is 3.33. The maximum absolute atomic E-state index is 12.3. The largest absolute Gasteiger partial charge is 0.303 e. The van der Waals surface area contributed by atoms with Crippen molar-refractivity contribution in [2.24, 2.45) is 11.8 Å². The number of likely N-dealkylation sites (tertiary alicyclic amines) is 1. The van der Waals surface area contributed by atoms with Crippen LogP contribution in [0.5, 0.6) is 0 Å². The van der Waals surface area contributed by atoms with Gasteiger partial charge in [0.15, 0.2) is 0 Å². The fraction of sp³-hybridized carbons (Fsp3) is 1.00. The highest BCUT2D eigenvalue weighted by Crippen LogP contribution is 2.27. The highest BCUT2D eigenvalue weighted by atomic mass is 19.3. The average Bonchev–Trinajstić information content (AvgIpc) is 2.30. The quantitative estimate of drug-likeness (QED) is 0.600. The molecule has 0 amide bonds. The second-order valence-corrected chi connectivity index (χ2v) is 3.33. The number of alkyl halides is 2. The summed E-state index contributed by atoms with van der Waals surface area (Å²) in [6.45, 7) is 6.24. The third-order valence-corrected chi connectivity index (χ3v) is 2.52. The van der Waals surface area contributed by atoms with Gasteiger partial charge in [0, 0.05) is 19.0 Å². The first-order chi connectivity index (χ1) is 5.15. The van der Waals surface area contributed by atoms with Crippen molar-refractivity contribution in [1.29, 1.82) is 0 Å². The monoisotopic (exact) mass is 163 g/mol. The fourth-order valence-corrected chi connectivity index (χ4v) is 1.68. The highest BCUT2D eigenvalue weighted by Gasteiger charge is 2.34. The Hall–Kier alpha value is -0.180. The molecule has 0 bridgehead atoms. The van der Waals surface area contributed by atoms with Crippen molar-refractivity contribution in [1.82, 2.24) is 4.90 Å². The molecule has 0 saturated carbocycles. The number of rotatable bonds is 2. The zero-order chi connectivity index (χ0) is 8.43. The van der Waals surface area contributed by atoms with Crippen LogP contribution in [0.1, 0.15) is 13.8 Å². The van der Waals surface area contributed by atoms with E-state index < -0.39 is 12.3 Å². The topological polar surface area (TPSA) is 3.24 Å². The van der Waals surface area contributed by atoms with Crippen molar-refractivity contribution in [2.45, 2.75) is 20.3 Å². The minimum absolute atomic E-state index is 0.162. The van der Waals surface area contributed by atoms with Crippen LogP contribution in [0.2, 0.25) is 0 Å². The number of halogens is 2. The van der Waals surface area contributed by atoms with Gasteiger partial charge in [-0.25, -0.2) is 8.78 Å². The summed E-state index contributed by atoms with van der Waals surface area (Å²) in [6.07, 6.45) is -2.14.